The average Bonchev–Trinajstić information content (AvgIpc) is 3.17. The lowest BCUT2D eigenvalue weighted by atomic mass is 10.1. The van der Waals surface area contributed by atoms with Crippen LogP contribution in [0.1, 0.15) is 10.4 Å². The molecule has 31 heavy (non-hydrogen) atoms. The zero-order valence-electron chi connectivity index (χ0n) is 18.0. The summed E-state index contributed by atoms with van der Waals surface area (Å²) in [5, 5.41) is 0.647. The Morgan fingerprint density at radius 1 is 1.03 bits per heavy atom. The molecular weight excluding hydrogens is 402 g/mol. The van der Waals surface area contributed by atoms with Crippen LogP contribution < -0.4 is 0 Å². The fourth-order valence-corrected chi connectivity index (χ4v) is 3.59. The van der Waals surface area contributed by atoms with E-state index in [4.69, 9.17) is 14.2 Å². The first kappa shape index (κ1) is 22.9. The van der Waals surface area contributed by atoms with Gasteiger partial charge in [0.25, 0.3) is 11.7 Å². The van der Waals surface area contributed by atoms with Crippen molar-refractivity contribution in [2.24, 2.45) is 0 Å². The predicted molar refractivity (Wildman–Crippen MR) is 114 cm³/mol. The number of carbonyl (C=O) groups excluding carboxylic acids is 3. The minimum atomic E-state index is -0.614. The highest BCUT2D eigenvalue weighted by Crippen LogP contribution is 2.23. The highest BCUT2D eigenvalue weighted by molar-refractivity contribution is 6.44. The van der Waals surface area contributed by atoms with E-state index in [1.165, 1.54) is 4.90 Å². The molecule has 1 aliphatic heterocycles. The maximum Gasteiger partial charge on any atom is 0.295 e. The van der Waals surface area contributed by atoms with Crippen molar-refractivity contribution in [1.82, 2.24) is 14.4 Å². The third-order valence-electron chi connectivity index (χ3n) is 5.31. The molecule has 0 unspecified atom stereocenters. The van der Waals surface area contributed by atoms with Crippen LogP contribution in [0.2, 0.25) is 0 Å². The fraction of sp³-hybridized carbons (Fsp3) is 0.500. The molecule has 2 heterocycles. The molecule has 0 aliphatic carbocycles. The second-order valence-corrected chi connectivity index (χ2v) is 7.29. The summed E-state index contributed by atoms with van der Waals surface area (Å²) >= 11 is 0. The van der Waals surface area contributed by atoms with Gasteiger partial charge in [0.2, 0.25) is 5.91 Å². The molecule has 168 valence electrons. The Labute approximate surface area is 181 Å². The number of hydrogen-bond acceptors (Lipinski definition) is 6. The van der Waals surface area contributed by atoms with E-state index in [0.29, 0.717) is 58.0 Å². The van der Waals surface area contributed by atoms with Gasteiger partial charge in [0, 0.05) is 57.5 Å². The summed E-state index contributed by atoms with van der Waals surface area (Å²) in [7, 11) is 3.08. The van der Waals surface area contributed by atoms with Crippen LogP contribution in [0.25, 0.3) is 10.9 Å². The summed E-state index contributed by atoms with van der Waals surface area (Å²) in [5.74, 6) is -1.27. The van der Waals surface area contributed by atoms with Crippen LogP contribution in [-0.2, 0) is 30.3 Å². The van der Waals surface area contributed by atoms with Gasteiger partial charge in [-0.2, -0.15) is 0 Å². The molecule has 0 saturated carbocycles. The Bertz CT molecular complexity index is 911. The van der Waals surface area contributed by atoms with Gasteiger partial charge in [0.15, 0.2) is 0 Å². The number of nitrogens with zero attached hydrogens (tertiary/aromatic N) is 3. The standard InChI is InChI=1S/C22H29N3O6/c1-29-11-7-24(8-12-30-2)22(28)21(27)18-15-25(19-6-4-3-5-17(18)19)16-20(26)23-9-13-31-14-10-23/h3-6,15H,7-14,16H2,1-2H3. The number of ether oxygens (including phenoxy) is 3. The van der Waals surface area contributed by atoms with E-state index in [2.05, 4.69) is 0 Å². The molecule has 9 nitrogen and oxygen atoms in total. The third-order valence-corrected chi connectivity index (χ3v) is 5.31. The van der Waals surface area contributed by atoms with Crippen LogP contribution in [0, 0.1) is 0 Å². The van der Waals surface area contributed by atoms with Gasteiger partial charge in [-0.15, -0.1) is 0 Å². The molecule has 1 saturated heterocycles. The van der Waals surface area contributed by atoms with E-state index in [9.17, 15) is 14.4 Å². The normalized spacial score (nSPS) is 14.1. The van der Waals surface area contributed by atoms with Gasteiger partial charge < -0.3 is 28.6 Å². The van der Waals surface area contributed by atoms with E-state index in [-0.39, 0.29) is 18.0 Å². The summed E-state index contributed by atoms with van der Waals surface area (Å²) in [4.78, 5) is 42.0. The van der Waals surface area contributed by atoms with Crippen LogP contribution in [0.3, 0.4) is 0 Å². The Kier molecular flexibility index (Phi) is 8.16. The van der Waals surface area contributed by atoms with E-state index in [0.717, 1.165) is 5.52 Å². The molecule has 0 bridgehead atoms. The number of benzene rings is 1. The maximum atomic E-state index is 13.1. The van der Waals surface area contributed by atoms with Crippen LogP contribution in [0.15, 0.2) is 30.5 Å². The molecular formula is C22H29N3O6. The molecule has 1 aromatic heterocycles. The quantitative estimate of drug-likeness (QED) is 0.408. The highest BCUT2D eigenvalue weighted by Gasteiger charge is 2.27. The van der Waals surface area contributed by atoms with E-state index >= 15 is 0 Å². The van der Waals surface area contributed by atoms with Crippen molar-refractivity contribution in [1.29, 1.82) is 0 Å². The first-order valence-electron chi connectivity index (χ1n) is 10.3. The molecule has 1 aromatic carbocycles. The van der Waals surface area contributed by atoms with Gasteiger partial charge in [-0.05, 0) is 6.07 Å². The van der Waals surface area contributed by atoms with Crippen LogP contribution in [0.5, 0.6) is 0 Å². The summed E-state index contributed by atoms with van der Waals surface area (Å²) in [6.45, 7) is 3.46. The van der Waals surface area contributed by atoms with E-state index in [1.807, 2.05) is 18.2 Å². The Morgan fingerprint density at radius 3 is 2.32 bits per heavy atom. The highest BCUT2D eigenvalue weighted by atomic mass is 16.5. The summed E-state index contributed by atoms with van der Waals surface area (Å²) < 4.78 is 17.2. The molecule has 9 heteroatoms. The van der Waals surface area contributed by atoms with Crippen LogP contribution in [-0.4, -0.2) is 98.8 Å². The Balaban J connectivity index is 1.84. The lowest BCUT2D eigenvalue weighted by Crippen LogP contribution is -2.42. The number of fused-ring (bicyclic) bond motifs is 1. The zero-order valence-corrected chi connectivity index (χ0v) is 18.0. The number of amides is 2. The summed E-state index contributed by atoms with van der Waals surface area (Å²) in [6, 6.07) is 7.29. The van der Waals surface area contributed by atoms with Crippen molar-refractivity contribution in [2.45, 2.75) is 6.54 Å². The predicted octanol–water partition coefficient (Wildman–Crippen LogP) is 0.804. The third kappa shape index (κ3) is 5.49. The number of ketones is 1. The SMILES string of the molecule is COCCN(CCOC)C(=O)C(=O)c1cn(CC(=O)N2CCOCC2)c2ccccc12. The van der Waals surface area contributed by atoms with Gasteiger partial charge in [-0.1, -0.05) is 18.2 Å². The van der Waals surface area contributed by atoms with E-state index < -0.39 is 11.7 Å². The number of rotatable bonds is 10. The first-order chi connectivity index (χ1) is 15.1. The molecule has 1 aliphatic rings. The largest absolute Gasteiger partial charge is 0.383 e. The van der Waals surface area contributed by atoms with Gasteiger partial charge >= 0.3 is 0 Å². The van der Waals surface area contributed by atoms with Gasteiger partial charge in [-0.25, -0.2) is 0 Å². The van der Waals surface area contributed by atoms with Crippen molar-refractivity contribution in [3.63, 3.8) is 0 Å². The van der Waals surface area contributed by atoms with Crippen molar-refractivity contribution < 1.29 is 28.6 Å². The molecule has 0 atom stereocenters. The number of para-hydroxylation sites is 1. The summed E-state index contributed by atoms with van der Waals surface area (Å²) in [5.41, 5.74) is 1.02. The number of aromatic nitrogens is 1. The summed E-state index contributed by atoms with van der Waals surface area (Å²) in [6.07, 6.45) is 1.61. The smallest absolute Gasteiger partial charge is 0.295 e. The Morgan fingerprint density at radius 2 is 1.68 bits per heavy atom. The van der Waals surface area contributed by atoms with Gasteiger partial charge in [0.05, 0.1) is 32.0 Å². The van der Waals surface area contributed by atoms with Crippen LogP contribution >= 0.6 is 0 Å². The lowest BCUT2D eigenvalue weighted by Gasteiger charge is -2.27. The van der Waals surface area contributed by atoms with E-state index in [1.54, 1.807) is 35.9 Å². The topological polar surface area (TPSA) is 90.3 Å². The molecule has 0 spiro atoms. The number of morpholine rings is 1. The number of methoxy groups -OCH3 is 2. The molecule has 0 radical (unpaired) electrons. The van der Waals surface area contributed by atoms with Crippen molar-refractivity contribution >= 4 is 28.5 Å². The van der Waals surface area contributed by atoms with Gasteiger partial charge in [0.1, 0.15) is 6.54 Å². The zero-order chi connectivity index (χ0) is 22.2. The minimum absolute atomic E-state index is 0.0452. The van der Waals surface area contributed by atoms with Gasteiger partial charge in [-0.3, -0.25) is 14.4 Å². The molecule has 2 amide bonds. The van der Waals surface area contributed by atoms with Crippen LogP contribution in [0.4, 0.5) is 0 Å². The number of hydrogen-bond donors (Lipinski definition) is 0. The fourth-order valence-electron chi connectivity index (χ4n) is 3.59. The molecule has 1 fully saturated rings. The monoisotopic (exact) mass is 431 g/mol. The molecule has 0 N–H and O–H groups in total. The average molecular weight is 431 g/mol. The van der Waals surface area contributed by atoms with Crippen molar-refractivity contribution in [2.75, 3.05) is 66.8 Å². The molecule has 3 rings (SSSR count). The molecule has 2 aromatic rings. The lowest BCUT2D eigenvalue weighted by molar-refractivity contribution is -0.135. The second-order valence-electron chi connectivity index (χ2n) is 7.29. The number of carbonyl (C=O) groups is 3. The minimum Gasteiger partial charge on any atom is -0.383 e. The maximum absolute atomic E-state index is 13.1. The second kappa shape index (κ2) is 11.0. The Hall–Kier alpha value is -2.75. The van der Waals surface area contributed by atoms with Crippen molar-refractivity contribution in [3.05, 3.63) is 36.0 Å². The number of Topliss-reactive ketones (excluding diaryl/α,β-unsaturated/α-hetero) is 1. The van der Waals surface area contributed by atoms with Crippen molar-refractivity contribution in [3.8, 4) is 0 Å². The first-order valence-corrected chi connectivity index (χ1v) is 10.3.